The Labute approximate surface area is 235 Å². The molecule has 238 valence electrons. The zero-order valence-electron chi connectivity index (χ0n) is 21.8. The van der Waals surface area contributed by atoms with E-state index in [1.165, 1.54) is 0 Å². The lowest BCUT2D eigenvalue weighted by Gasteiger charge is -2.44. The first-order valence-electron chi connectivity index (χ1n) is 12.0. The van der Waals surface area contributed by atoms with Crippen molar-refractivity contribution in [3.05, 3.63) is 33.1 Å². The second-order valence-corrected chi connectivity index (χ2v) is 12.1. The number of rotatable bonds is 11. The number of carbonyl (C=O) groups excluding carboxylic acids is 2. The van der Waals surface area contributed by atoms with Crippen molar-refractivity contribution in [3.63, 3.8) is 0 Å². The minimum absolute atomic E-state index is 0.655. The summed E-state index contributed by atoms with van der Waals surface area (Å²) < 4.78 is 49.9. The number of aromatic amines is 1. The number of carbonyl (C=O) groups is 2. The van der Waals surface area contributed by atoms with Crippen molar-refractivity contribution in [1.29, 1.82) is 0 Å². The van der Waals surface area contributed by atoms with E-state index in [0.29, 0.717) is 0 Å². The summed E-state index contributed by atoms with van der Waals surface area (Å²) in [7, 11) is -11.2. The molecule has 1 aromatic rings. The van der Waals surface area contributed by atoms with Crippen LogP contribution in [0.2, 0.25) is 0 Å². The summed E-state index contributed by atoms with van der Waals surface area (Å²) in [5, 5.41) is 45.2. The van der Waals surface area contributed by atoms with Gasteiger partial charge < -0.3 is 50.3 Å². The van der Waals surface area contributed by atoms with E-state index in [2.05, 4.69) is 19.5 Å². The molecule has 0 aliphatic carbocycles. The minimum atomic E-state index is -5.66. The fourth-order valence-corrected chi connectivity index (χ4v) is 6.35. The molecule has 2 unspecified atom stereocenters. The molecule has 23 heteroatoms. The van der Waals surface area contributed by atoms with Crippen molar-refractivity contribution >= 4 is 27.5 Å². The first-order valence-corrected chi connectivity index (χ1v) is 15.0. The molecule has 0 saturated carbocycles. The highest BCUT2D eigenvalue weighted by Gasteiger charge is 2.51. The van der Waals surface area contributed by atoms with Gasteiger partial charge in [0.1, 0.15) is 36.6 Å². The summed E-state index contributed by atoms with van der Waals surface area (Å²) in [4.78, 5) is 68.5. The number of aliphatic hydroxyl groups is 4. The molecule has 3 rings (SSSR count). The molecule has 0 radical (unpaired) electrons. The predicted molar refractivity (Wildman–Crippen MR) is 132 cm³/mol. The molecule has 2 saturated heterocycles. The van der Waals surface area contributed by atoms with Gasteiger partial charge in [-0.2, -0.15) is 4.31 Å². The molecule has 0 aromatic carbocycles. The topological polar surface area (TPSA) is 315 Å². The van der Waals surface area contributed by atoms with Crippen molar-refractivity contribution in [2.75, 3.05) is 13.2 Å². The molecule has 1 aromatic heterocycles. The Kier molecular flexibility index (Phi) is 11.0. The number of amides is 2. The first kappa shape index (κ1) is 34.1. The fraction of sp³-hybridized carbons (Fsp3) is 0.684. The molecule has 0 bridgehead atoms. The maximum atomic E-state index is 12.6. The Balaban J connectivity index is 1.68. The van der Waals surface area contributed by atoms with E-state index in [-0.39, 0.29) is 0 Å². The molecule has 3 heterocycles. The van der Waals surface area contributed by atoms with Gasteiger partial charge in [0.05, 0.1) is 19.3 Å². The third kappa shape index (κ3) is 8.38. The van der Waals surface area contributed by atoms with Crippen LogP contribution in [0.25, 0.3) is 0 Å². The van der Waals surface area contributed by atoms with Gasteiger partial charge in [-0.25, -0.2) is 13.9 Å². The Bertz CT molecular complexity index is 1350. The second kappa shape index (κ2) is 13.5. The second-order valence-electron chi connectivity index (χ2n) is 9.15. The van der Waals surface area contributed by atoms with Crippen LogP contribution in [0.15, 0.2) is 21.9 Å². The molecule has 42 heavy (non-hydrogen) atoms. The highest BCUT2D eigenvalue weighted by atomic mass is 31.3. The summed E-state index contributed by atoms with van der Waals surface area (Å²) >= 11 is 0. The van der Waals surface area contributed by atoms with Crippen molar-refractivity contribution in [1.82, 2.24) is 20.2 Å². The van der Waals surface area contributed by atoms with Crippen LogP contribution in [0.3, 0.4) is 0 Å². The Morgan fingerprint density at radius 2 is 1.60 bits per heavy atom. The van der Waals surface area contributed by atoms with E-state index >= 15 is 0 Å². The lowest BCUT2D eigenvalue weighted by atomic mass is 9.94. The zero-order chi connectivity index (χ0) is 31.6. The van der Waals surface area contributed by atoms with Crippen LogP contribution in [0.5, 0.6) is 0 Å². The van der Waals surface area contributed by atoms with Crippen molar-refractivity contribution in [2.45, 2.75) is 69.0 Å². The maximum Gasteiger partial charge on any atom is 0.483 e. The van der Waals surface area contributed by atoms with Gasteiger partial charge in [-0.1, -0.05) is 0 Å². The number of hydrogen-bond donors (Lipinski definition) is 9. The van der Waals surface area contributed by atoms with E-state index in [0.717, 1.165) is 30.7 Å². The van der Waals surface area contributed by atoms with E-state index in [1.54, 1.807) is 0 Å². The summed E-state index contributed by atoms with van der Waals surface area (Å²) in [5.74, 6) is -1.44. The van der Waals surface area contributed by atoms with Crippen LogP contribution in [0.4, 0.5) is 0 Å². The molecule has 9 N–H and O–H groups in total. The molecular formula is C19H30N4O17P2. The number of ether oxygens (including phenoxy) is 2. The summed E-state index contributed by atoms with van der Waals surface area (Å²) in [6.45, 7) is 0.202. The van der Waals surface area contributed by atoms with E-state index in [1.807, 2.05) is 4.98 Å². The number of H-pyrrole nitrogens is 1. The van der Waals surface area contributed by atoms with Crippen LogP contribution >= 0.6 is 15.6 Å². The van der Waals surface area contributed by atoms with Gasteiger partial charge in [0, 0.05) is 26.1 Å². The lowest BCUT2D eigenvalue weighted by Crippen LogP contribution is -2.68. The van der Waals surface area contributed by atoms with Crippen molar-refractivity contribution < 1.29 is 71.8 Å². The number of phosphoric ester groups is 2. The van der Waals surface area contributed by atoms with E-state index in [9.17, 15) is 58.5 Å². The molecule has 2 fully saturated rings. The molecular weight excluding hydrogens is 618 g/mol. The van der Waals surface area contributed by atoms with Gasteiger partial charge in [-0.15, -0.1) is 0 Å². The Morgan fingerprint density at radius 1 is 0.976 bits per heavy atom. The predicted octanol–water partition coefficient (Wildman–Crippen LogP) is -4.51. The average Bonchev–Trinajstić information content (AvgIpc) is 3.14. The monoisotopic (exact) mass is 648 g/mol. The summed E-state index contributed by atoms with van der Waals surface area (Å²) in [6, 6.07) is -2.06. The summed E-state index contributed by atoms with van der Waals surface area (Å²) in [6.07, 6.45) is -11.1. The normalized spacial score (nSPS) is 34.2. The van der Waals surface area contributed by atoms with Crippen molar-refractivity contribution in [2.24, 2.45) is 0 Å². The molecule has 2 amide bonds. The van der Waals surface area contributed by atoms with Gasteiger partial charge in [-0.3, -0.25) is 33.0 Å². The van der Waals surface area contributed by atoms with Crippen LogP contribution in [-0.2, 0) is 41.6 Å². The smallest absolute Gasteiger partial charge is 0.394 e. The molecule has 11 atom stereocenters. The van der Waals surface area contributed by atoms with Crippen molar-refractivity contribution in [3.8, 4) is 0 Å². The first-order chi connectivity index (χ1) is 19.4. The highest BCUT2D eigenvalue weighted by molar-refractivity contribution is 7.61. The van der Waals surface area contributed by atoms with Crippen LogP contribution in [0, 0.1) is 0 Å². The van der Waals surface area contributed by atoms with Crippen LogP contribution < -0.4 is 21.9 Å². The number of phosphoric acid groups is 2. The average molecular weight is 648 g/mol. The van der Waals surface area contributed by atoms with Gasteiger partial charge in [0.25, 0.3) is 5.56 Å². The largest absolute Gasteiger partial charge is 0.483 e. The number of nitrogens with one attached hydrogen (secondary N) is 3. The van der Waals surface area contributed by atoms with Crippen LogP contribution in [-0.4, -0.2) is 114 Å². The van der Waals surface area contributed by atoms with Gasteiger partial charge in [0.2, 0.25) is 11.8 Å². The molecule has 2 aliphatic heterocycles. The molecule has 2 aliphatic rings. The molecule has 0 spiro atoms. The minimum Gasteiger partial charge on any atom is -0.394 e. The standard InChI is InChI=1S/C19H30N4O17P2/c1-7(25)20-12-9(5-24)38-18(13(15(12)29)21-8(2)26)39-42(34,35)40-41(32,33)36-6-10-14(28)16(30)17(37-10)23-4-3-11(27)22-19(23)31/h3-4,9-10,12-18,24,28-30H,5-6H2,1-2H3,(H,20,25)(H,21,26)(H,32,33)(H,34,35)(H,22,27,31)/t9-,10-,12-,13-,14-,15+,16-,17-,18-/m1/s1. The quantitative estimate of drug-likeness (QED) is 0.102. The van der Waals surface area contributed by atoms with Gasteiger partial charge >= 0.3 is 21.3 Å². The third-order valence-corrected chi connectivity index (χ3v) is 8.57. The number of hydrogen-bond acceptors (Lipinski definition) is 15. The number of aliphatic hydroxyl groups excluding tert-OH is 4. The van der Waals surface area contributed by atoms with Gasteiger partial charge in [0.15, 0.2) is 12.5 Å². The number of aromatic nitrogens is 2. The maximum absolute atomic E-state index is 12.6. The molecule has 21 nitrogen and oxygen atoms in total. The highest BCUT2D eigenvalue weighted by Crippen LogP contribution is 2.61. The van der Waals surface area contributed by atoms with Crippen LogP contribution in [0.1, 0.15) is 20.1 Å². The Morgan fingerprint density at radius 3 is 2.17 bits per heavy atom. The summed E-state index contributed by atoms with van der Waals surface area (Å²) in [5.41, 5.74) is -1.76. The third-order valence-electron chi connectivity index (χ3n) is 5.97. The number of nitrogens with zero attached hydrogens (tertiary/aromatic N) is 1. The SMILES string of the molecule is CC(=O)N[C@H]1[C@@H](OP(=O)(O)OP(=O)(O)OC[C@H]2O[C@@H](n3ccc(=O)[nH]c3=O)[C@H](O)[C@@H]2O)O[C@H](CO)[C@@H](NC(C)=O)[C@@H]1O. The van der Waals surface area contributed by atoms with E-state index in [4.69, 9.17) is 14.0 Å². The zero-order valence-corrected chi connectivity index (χ0v) is 23.6. The lowest BCUT2D eigenvalue weighted by molar-refractivity contribution is -0.219. The Hall–Kier alpha value is -2.36. The van der Waals surface area contributed by atoms with E-state index < -0.39 is 107 Å². The van der Waals surface area contributed by atoms with Gasteiger partial charge in [-0.05, 0) is 0 Å². The fourth-order valence-electron chi connectivity index (χ4n) is 4.19.